The Hall–Kier alpha value is -0.910. The molecule has 2 heterocycles. The van der Waals surface area contributed by atoms with Crippen LogP contribution in [0.1, 0.15) is 49.3 Å². The van der Waals surface area contributed by atoms with E-state index in [9.17, 15) is 0 Å². The first-order valence-electron chi connectivity index (χ1n) is 8.66. The molecule has 124 valence electrons. The monoisotopic (exact) mass is 306 g/mol. The fourth-order valence-corrected chi connectivity index (χ4v) is 4.03. The minimum Gasteiger partial charge on any atom is -0.381 e. The van der Waals surface area contributed by atoms with Crippen LogP contribution in [0, 0.1) is 5.41 Å². The van der Waals surface area contributed by atoms with Crippen molar-refractivity contribution in [1.82, 2.24) is 20.4 Å². The number of ether oxygens (including phenoxy) is 1. The highest BCUT2D eigenvalue weighted by Crippen LogP contribution is 2.47. The molecule has 5 heteroatoms. The summed E-state index contributed by atoms with van der Waals surface area (Å²) < 4.78 is 5.64. The van der Waals surface area contributed by atoms with Crippen LogP contribution >= 0.6 is 0 Å². The third-order valence-corrected chi connectivity index (χ3v) is 5.55. The zero-order valence-electron chi connectivity index (χ0n) is 14.0. The minimum absolute atomic E-state index is 0.497. The number of hydrogen-bond acceptors (Lipinski definition) is 4. The van der Waals surface area contributed by atoms with Gasteiger partial charge in [0.25, 0.3) is 0 Å². The van der Waals surface area contributed by atoms with Crippen LogP contribution in [0.3, 0.4) is 0 Å². The highest BCUT2D eigenvalue weighted by molar-refractivity contribution is 5.21. The van der Waals surface area contributed by atoms with Gasteiger partial charge in [-0.15, -0.1) is 0 Å². The Balaban J connectivity index is 1.58. The van der Waals surface area contributed by atoms with Crippen molar-refractivity contribution >= 4 is 0 Å². The summed E-state index contributed by atoms with van der Waals surface area (Å²) >= 11 is 0. The predicted octanol–water partition coefficient (Wildman–Crippen LogP) is 2.13. The Kier molecular flexibility index (Phi) is 5.16. The summed E-state index contributed by atoms with van der Waals surface area (Å²) in [5.41, 5.74) is 3.18. The van der Waals surface area contributed by atoms with E-state index in [2.05, 4.69) is 33.7 Å². The van der Waals surface area contributed by atoms with E-state index in [1.54, 1.807) is 0 Å². The van der Waals surface area contributed by atoms with Crippen LogP contribution in [0.2, 0.25) is 0 Å². The molecule has 0 amide bonds. The first kappa shape index (κ1) is 16.0. The van der Waals surface area contributed by atoms with Crippen molar-refractivity contribution in [3.63, 3.8) is 0 Å². The standard InChI is InChI=1S/C17H30N4O/c1-18-8-9-21(2)12-15-11-19-20-16(15)14-3-5-17(6-4-14)7-10-22-13-17/h11,14,18H,3-10,12-13H2,1-2H3,(H,19,20)/t14-,17-. The second-order valence-corrected chi connectivity index (χ2v) is 7.21. The van der Waals surface area contributed by atoms with E-state index >= 15 is 0 Å². The number of H-pyrrole nitrogens is 1. The summed E-state index contributed by atoms with van der Waals surface area (Å²) in [5, 5.41) is 10.9. The number of nitrogens with one attached hydrogen (secondary N) is 2. The van der Waals surface area contributed by atoms with Crippen molar-refractivity contribution in [2.75, 3.05) is 40.4 Å². The maximum Gasteiger partial charge on any atom is 0.0697 e. The summed E-state index contributed by atoms with van der Waals surface area (Å²) in [5.74, 6) is 0.630. The lowest BCUT2D eigenvalue weighted by molar-refractivity contribution is 0.116. The van der Waals surface area contributed by atoms with Crippen LogP contribution in [0.15, 0.2) is 6.20 Å². The second kappa shape index (κ2) is 7.11. The summed E-state index contributed by atoms with van der Waals surface area (Å²) in [6, 6.07) is 0. The summed E-state index contributed by atoms with van der Waals surface area (Å²) in [7, 11) is 4.18. The summed E-state index contributed by atoms with van der Waals surface area (Å²) in [4.78, 5) is 2.36. The predicted molar refractivity (Wildman–Crippen MR) is 87.9 cm³/mol. The summed E-state index contributed by atoms with van der Waals surface area (Å²) in [6.07, 6.45) is 8.50. The molecule has 0 radical (unpaired) electrons. The first-order chi connectivity index (χ1) is 10.7. The van der Waals surface area contributed by atoms with E-state index in [4.69, 9.17) is 4.74 Å². The van der Waals surface area contributed by atoms with Crippen molar-refractivity contribution in [2.24, 2.45) is 5.41 Å². The maximum atomic E-state index is 5.64. The number of aromatic nitrogens is 2. The largest absolute Gasteiger partial charge is 0.381 e. The van der Waals surface area contributed by atoms with E-state index in [-0.39, 0.29) is 0 Å². The Bertz CT molecular complexity index is 457. The smallest absolute Gasteiger partial charge is 0.0697 e. The van der Waals surface area contributed by atoms with Gasteiger partial charge in [-0.2, -0.15) is 5.10 Å². The Morgan fingerprint density at radius 3 is 2.91 bits per heavy atom. The molecule has 5 nitrogen and oxygen atoms in total. The molecule has 2 N–H and O–H groups in total. The summed E-state index contributed by atoms with van der Waals surface area (Å²) in [6.45, 7) is 5.02. The van der Waals surface area contributed by atoms with Crippen LogP contribution in [0.5, 0.6) is 0 Å². The van der Waals surface area contributed by atoms with Crippen molar-refractivity contribution < 1.29 is 4.74 Å². The third-order valence-electron chi connectivity index (χ3n) is 5.55. The molecular formula is C17H30N4O. The van der Waals surface area contributed by atoms with Gasteiger partial charge in [-0.05, 0) is 51.6 Å². The Morgan fingerprint density at radius 2 is 2.23 bits per heavy atom. The van der Waals surface area contributed by atoms with Crippen LogP contribution in [-0.4, -0.2) is 55.5 Å². The van der Waals surface area contributed by atoms with Gasteiger partial charge in [0, 0.05) is 43.9 Å². The second-order valence-electron chi connectivity index (χ2n) is 7.21. The lowest BCUT2D eigenvalue weighted by Gasteiger charge is -2.35. The highest BCUT2D eigenvalue weighted by Gasteiger charge is 2.39. The van der Waals surface area contributed by atoms with Gasteiger partial charge in [-0.3, -0.25) is 5.10 Å². The molecule has 1 saturated heterocycles. The highest BCUT2D eigenvalue weighted by atomic mass is 16.5. The zero-order chi connectivity index (χ0) is 15.4. The average molecular weight is 306 g/mol. The SMILES string of the molecule is CNCCN(C)Cc1c[nH]nc1[C@H]1CC[C@@]2(CCOC2)CC1. The van der Waals surface area contributed by atoms with Gasteiger partial charge in [-0.1, -0.05) is 0 Å². The number of rotatable bonds is 6. The zero-order valence-corrected chi connectivity index (χ0v) is 14.0. The molecule has 1 aliphatic carbocycles. The number of nitrogens with zero attached hydrogens (tertiary/aromatic N) is 2. The maximum absolute atomic E-state index is 5.64. The van der Waals surface area contributed by atoms with Gasteiger partial charge in [0.1, 0.15) is 0 Å². The number of likely N-dealkylation sites (N-methyl/N-ethyl adjacent to an activating group) is 2. The molecule has 1 aromatic rings. The van der Waals surface area contributed by atoms with Crippen LogP contribution in [0.4, 0.5) is 0 Å². The molecule has 0 unspecified atom stereocenters. The van der Waals surface area contributed by atoms with E-state index in [1.165, 1.54) is 43.4 Å². The van der Waals surface area contributed by atoms with Gasteiger partial charge < -0.3 is 15.0 Å². The lowest BCUT2D eigenvalue weighted by Crippen LogP contribution is -2.29. The molecule has 0 atom stereocenters. The topological polar surface area (TPSA) is 53.2 Å². The molecule has 22 heavy (non-hydrogen) atoms. The molecule has 1 spiro atoms. The van der Waals surface area contributed by atoms with Crippen LogP contribution in [0.25, 0.3) is 0 Å². The molecule has 2 aliphatic rings. The number of hydrogen-bond donors (Lipinski definition) is 2. The molecular weight excluding hydrogens is 276 g/mol. The molecule has 0 bridgehead atoms. The molecule has 1 saturated carbocycles. The quantitative estimate of drug-likeness (QED) is 0.845. The van der Waals surface area contributed by atoms with Crippen molar-refractivity contribution in [1.29, 1.82) is 0 Å². The Morgan fingerprint density at radius 1 is 1.41 bits per heavy atom. The van der Waals surface area contributed by atoms with Crippen molar-refractivity contribution in [3.8, 4) is 0 Å². The number of aromatic amines is 1. The normalized spacial score (nSPS) is 28.8. The van der Waals surface area contributed by atoms with Crippen LogP contribution < -0.4 is 5.32 Å². The molecule has 0 aromatic carbocycles. The van der Waals surface area contributed by atoms with Crippen LogP contribution in [-0.2, 0) is 11.3 Å². The first-order valence-corrected chi connectivity index (χ1v) is 8.66. The van der Waals surface area contributed by atoms with Gasteiger partial charge >= 0.3 is 0 Å². The van der Waals surface area contributed by atoms with Crippen molar-refractivity contribution in [3.05, 3.63) is 17.5 Å². The van der Waals surface area contributed by atoms with Gasteiger partial charge in [-0.25, -0.2) is 0 Å². The van der Waals surface area contributed by atoms with E-state index in [1.807, 2.05) is 7.05 Å². The van der Waals surface area contributed by atoms with Gasteiger partial charge in [0.05, 0.1) is 12.3 Å². The van der Waals surface area contributed by atoms with Crippen molar-refractivity contribution in [2.45, 2.75) is 44.6 Å². The average Bonchev–Trinajstić information content (AvgIpc) is 3.16. The molecule has 3 rings (SSSR count). The van der Waals surface area contributed by atoms with E-state index in [0.717, 1.165) is 32.8 Å². The van der Waals surface area contributed by atoms with E-state index in [0.29, 0.717) is 11.3 Å². The molecule has 2 fully saturated rings. The molecule has 1 aliphatic heterocycles. The third kappa shape index (κ3) is 3.53. The van der Waals surface area contributed by atoms with Gasteiger partial charge in [0.15, 0.2) is 0 Å². The Labute approximate surface area is 133 Å². The van der Waals surface area contributed by atoms with E-state index < -0.39 is 0 Å². The molecule has 1 aromatic heterocycles. The van der Waals surface area contributed by atoms with Gasteiger partial charge in [0.2, 0.25) is 0 Å². The fourth-order valence-electron chi connectivity index (χ4n) is 4.03. The fraction of sp³-hybridized carbons (Fsp3) is 0.824. The lowest BCUT2D eigenvalue weighted by atomic mass is 9.69. The minimum atomic E-state index is 0.497.